The number of methoxy groups -OCH3 is 1. The number of nitriles is 1. The van der Waals surface area contributed by atoms with Crippen LogP contribution in [0.5, 0.6) is 5.75 Å². The number of ether oxygens (including phenoxy) is 1. The van der Waals surface area contributed by atoms with Gasteiger partial charge < -0.3 is 10.1 Å². The summed E-state index contributed by atoms with van der Waals surface area (Å²) in [6, 6.07) is 12.3. The summed E-state index contributed by atoms with van der Waals surface area (Å²) in [5.41, 5.74) is 1.05. The van der Waals surface area contributed by atoms with Crippen molar-refractivity contribution in [3.63, 3.8) is 0 Å². The van der Waals surface area contributed by atoms with Crippen LogP contribution in [0.25, 0.3) is 6.08 Å². The third kappa shape index (κ3) is 4.60. The summed E-state index contributed by atoms with van der Waals surface area (Å²) in [5.74, 6) is -0.123. The molecule has 0 aliphatic rings. The molecule has 0 atom stereocenters. The maximum Gasteiger partial charge on any atom is 0.266 e. The number of benzene rings is 2. The summed E-state index contributed by atoms with van der Waals surface area (Å²) in [6.07, 6.45) is 1.43. The van der Waals surface area contributed by atoms with E-state index >= 15 is 0 Å². The normalized spacial score (nSPS) is 10.9. The van der Waals surface area contributed by atoms with Crippen LogP contribution in [-0.2, 0) is 4.79 Å². The lowest BCUT2D eigenvalue weighted by Gasteiger charge is -2.09. The molecule has 0 aliphatic heterocycles. The molecule has 4 nitrogen and oxygen atoms in total. The van der Waals surface area contributed by atoms with Crippen molar-refractivity contribution < 1.29 is 9.53 Å². The molecule has 2 aromatic carbocycles. The first-order chi connectivity index (χ1) is 11.4. The molecule has 122 valence electrons. The Hall–Kier alpha value is -1.81. The molecule has 7 heteroatoms. The molecule has 0 radical (unpaired) electrons. The molecule has 1 amide bonds. The van der Waals surface area contributed by atoms with Gasteiger partial charge in [0.15, 0.2) is 0 Å². The van der Waals surface area contributed by atoms with E-state index in [2.05, 4.69) is 37.2 Å². The third-order valence-corrected chi connectivity index (χ3v) is 4.28. The first-order valence-corrected chi connectivity index (χ1v) is 8.62. The van der Waals surface area contributed by atoms with Gasteiger partial charge in [0, 0.05) is 20.2 Å². The Morgan fingerprint density at radius 3 is 2.50 bits per heavy atom. The van der Waals surface area contributed by atoms with E-state index in [1.807, 2.05) is 6.07 Å². The maximum absolute atomic E-state index is 12.3. The number of anilines is 1. The first kappa shape index (κ1) is 18.5. The minimum atomic E-state index is -0.516. The van der Waals surface area contributed by atoms with E-state index in [1.165, 1.54) is 13.2 Å². The third-order valence-electron chi connectivity index (χ3n) is 3.01. The van der Waals surface area contributed by atoms with Crippen molar-refractivity contribution in [2.24, 2.45) is 0 Å². The number of carbonyl (C=O) groups is 1. The molecule has 1 N–H and O–H groups in total. The van der Waals surface area contributed by atoms with Crippen molar-refractivity contribution in [3.8, 4) is 11.8 Å². The van der Waals surface area contributed by atoms with Gasteiger partial charge in [-0.25, -0.2) is 0 Å². The number of hydrogen-bond acceptors (Lipinski definition) is 3. The van der Waals surface area contributed by atoms with Gasteiger partial charge in [-0.1, -0.05) is 43.5 Å². The lowest BCUT2D eigenvalue weighted by Crippen LogP contribution is -2.13. The lowest BCUT2D eigenvalue weighted by atomic mass is 10.1. The van der Waals surface area contributed by atoms with Gasteiger partial charge in [-0.2, -0.15) is 5.26 Å². The van der Waals surface area contributed by atoms with Gasteiger partial charge in [0.1, 0.15) is 17.4 Å². The Kier molecular flexibility index (Phi) is 6.44. The van der Waals surface area contributed by atoms with Crippen molar-refractivity contribution in [1.29, 1.82) is 5.26 Å². The molecule has 0 saturated carbocycles. The number of rotatable bonds is 4. The van der Waals surface area contributed by atoms with Gasteiger partial charge in [0.2, 0.25) is 0 Å². The number of amides is 1. The van der Waals surface area contributed by atoms with Crippen LogP contribution in [-0.4, -0.2) is 13.0 Å². The second-order valence-electron chi connectivity index (χ2n) is 4.64. The second kappa shape index (κ2) is 8.34. The lowest BCUT2D eigenvalue weighted by molar-refractivity contribution is -0.112. The fourth-order valence-corrected chi connectivity index (χ4v) is 3.11. The number of hydrogen-bond donors (Lipinski definition) is 1. The van der Waals surface area contributed by atoms with Gasteiger partial charge in [0.25, 0.3) is 5.91 Å². The van der Waals surface area contributed by atoms with Crippen LogP contribution in [0.4, 0.5) is 5.69 Å². The van der Waals surface area contributed by atoms with E-state index in [1.54, 1.807) is 36.4 Å². The Labute approximate surface area is 161 Å². The SMILES string of the molecule is COc1c(Cl)cc(Br)cc1/C=C(\C#N)C(=O)Nc1ccc(Br)cc1. The molecule has 2 aromatic rings. The van der Waals surface area contributed by atoms with E-state index < -0.39 is 5.91 Å². The van der Waals surface area contributed by atoms with Gasteiger partial charge in [-0.15, -0.1) is 0 Å². The van der Waals surface area contributed by atoms with Crippen LogP contribution in [0.15, 0.2) is 50.9 Å². The van der Waals surface area contributed by atoms with E-state index in [-0.39, 0.29) is 5.57 Å². The predicted octanol–water partition coefficient (Wildman–Crippen LogP) is 5.42. The molecule has 24 heavy (non-hydrogen) atoms. The van der Waals surface area contributed by atoms with Gasteiger partial charge in [0.05, 0.1) is 12.1 Å². The van der Waals surface area contributed by atoms with Crippen LogP contribution in [0.2, 0.25) is 5.02 Å². The van der Waals surface area contributed by atoms with Crippen molar-refractivity contribution in [3.05, 3.63) is 61.5 Å². The Morgan fingerprint density at radius 1 is 1.25 bits per heavy atom. The number of nitrogens with zero attached hydrogens (tertiary/aromatic N) is 1. The first-order valence-electron chi connectivity index (χ1n) is 6.66. The second-order valence-corrected chi connectivity index (χ2v) is 6.88. The van der Waals surface area contributed by atoms with E-state index in [0.29, 0.717) is 26.5 Å². The van der Waals surface area contributed by atoms with E-state index in [4.69, 9.17) is 16.3 Å². The highest BCUT2D eigenvalue weighted by Crippen LogP contribution is 2.33. The van der Waals surface area contributed by atoms with Crippen molar-refractivity contribution in [2.75, 3.05) is 12.4 Å². The number of halogens is 3. The standard InChI is InChI=1S/C17H11Br2ClN2O2/c1-24-16-10(7-13(19)8-15(16)20)6-11(9-21)17(23)22-14-4-2-12(18)3-5-14/h2-8H,1H3,(H,22,23)/b11-6+. The summed E-state index contributed by atoms with van der Waals surface area (Å²) >= 11 is 12.8. The Balaban J connectivity index is 2.34. The topological polar surface area (TPSA) is 62.1 Å². The highest BCUT2D eigenvalue weighted by Gasteiger charge is 2.13. The average molecular weight is 471 g/mol. The van der Waals surface area contributed by atoms with Crippen LogP contribution >= 0.6 is 43.5 Å². The van der Waals surface area contributed by atoms with Crippen molar-refractivity contribution in [1.82, 2.24) is 0 Å². The van der Waals surface area contributed by atoms with Crippen molar-refractivity contribution >= 4 is 61.1 Å². The molecule has 0 spiro atoms. The van der Waals surface area contributed by atoms with Crippen molar-refractivity contribution in [2.45, 2.75) is 0 Å². The summed E-state index contributed by atoms with van der Waals surface area (Å²) < 4.78 is 6.85. The fraction of sp³-hybridized carbons (Fsp3) is 0.0588. The smallest absolute Gasteiger partial charge is 0.266 e. The fourth-order valence-electron chi connectivity index (χ4n) is 1.94. The minimum absolute atomic E-state index is 0.0645. The molecule has 0 heterocycles. The van der Waals surface area contributed by atoms with Crippen LogP contribution in [0.1, 0.15) is 5.56 Å². The number of carbonyl (C=O) groups excluding carboxylic acids is 1. The maximum atomic E-state index is 12.3. The molecule has 0 saturated heterocycles. The summed E-state index contributed by atoms with van der Waals surface area (Å²) in [7, 11) is 1.47. The monoisotopic (exact) mass is 468 g/mol. The highest BCUT2D eigenvalue weighted by molar-refractivity contribution is 9.10. The molecule has 0 aliphatic carbocycles. The Bertz CT molecular complexity index is 843. The minimum Gasteiger partial charge on any atom is -0.495 e. The van der Waals surface area contributed by atoms with Gasteiger partial charge in [-0.3, -0.25) is 4.79 Å². The van der Waals surface area contributed by atoms with Gasteiger partial charge >= 0.3 is 0 Å². The van der Waals surface area contributed by atoms with Gasteiger partial charge in [-0.05, 0) is 42.5 Å². The van der Waals surface area contributed by atoms with Crippen LogP contribution < -0.4 is 10.1 Å². The number of nitrogens with one attached hydrogen (secondary N) is 1. The predicted molar refractivity (Wildman–Crippen MR) is 102 cm³/mol. The zero-order valence-corrected chi connectivity index (χ0v) is 16.4. The van der Waals surface area contributed by atoms with Crippen LogP contribution in [0.3, 0.4) is 0 Å². The van der Waals surface area contributed by atoms with E-state index in [9.17, 15) is 10.1 Å². The van der Waals surface area contributed by atoms with E-state index in [0.717, 1.165) is 4.47 Å². The molecule has 0 unspecified atom stereocenters. The molecular weight excluding hydrogens is 459 g/mol. The summed E-state index contributed by atoms with van der Waals surface area (Å²) in [5, 5.41) is 12.4. The largest absolute Gasteiger partial charge is 0.495 e. The van der Waals surface area contributed by atoms with Crippen LogP contribution in [0, 0.1) is 11.3 Å². The highest BCUT2D eigenvalue weighted by atomic mass is 79.9. The molecular formula is C17H11Br2ClN2O2. The molecule has 2 rings (SSSR count). The Morgan fingerprint density at radius 2 is 1.92 bits per heavy atom. The molecule has 0 fully saturated rings. The molecule has 0 bridgehead atoms. The molecule has 0 aromatic heterocycles. The zero-order chi connectivity index (χ0) is 17.7. The zero-order valence-electron chi connectivity index (χ0n) is 12.4. The average Bonchev–Trinajstić information content (AvgIpc) is 2.54. The summed E-state index contributed by atoms with van der Waals surface area (Å²) in [4.78, 5) is 12.3. The quantitative estimate of drug-likeness (QED) is 0.480. The summed E-state index contributed by atoms with van der Waals surface area (Å²) in [6.45, 7) is 0.